The molecule has 284 valence electrons. The first-order valence-corrected chi connectivity index (χ1v) is 17.7. The number of imidazole rings is 2. The number of hydrogen-bond donors (Lipinski definition) is 1. The summed E-state index contributed by atoms with van der Waals surface area (Å²) in [7, 11) is 0. The van der Waals surface area contributed by atoms with Crippen LogP contribution in [0.1, 0.15) is 84.6 Å². The normalized spacial score (nSPS) is 14.4. The summed E-state index contributed by atoms with van der Waals surface area (Å²) in [5.41, 5.74) is 0.690. The van der Waals surface area contributed by atoms with Crippen molar-refractivity contribution in [3.05, 3.63) is 65.9 Å². The van der Waals surface area contributed by atoms with E-state index in [1.807, 2.05) is 66.6 Å². The zero-order valence-electron chi connectivity index (χ0n) is 30.3. The van der Waals surface area contributed by atoms with Crippen molar-refractivity contribution in [2.75, 3.05) is 19.7 Å². The molecular formula is C36H49F3N8O5. The van der Waals surface area contributed by atoms with E-state index in [0.717, 1.165) is 50.5 Å². The van der Waals surface area contributed by atoms with Gasteiger partial charge in [-0.05, 0) is 70.7 Å². The maximum Gasteiger partial charge on any atom is 0.473 e. The van der Waals surface area contributed by atoms with Crippen molar-refractivity contribution < 1.29 is 37.0 Å². The highest BCUT2D eigenvalue weighted by atomic mass is 19.4. The SMILES string of the molecule is CC(=O)/N=c1/n(CCCCCCCCn2cc[nH]/c2=N\C(=O)C(F)(F)F)ccn1CCCOc1ccc(C2=NCCCN2C(=O)OC(C)(C)C)cc1. The maximum absolute atomic E-state index is 12.8. The molecule has 0 bridgehead atoms. The van der Waals surface area contributed by atoms with Gasteiger partial charge >= 0.3 is 18.2 Å². The lowest BCUT2D eigenvalue weighted by Crippen LogP contribution is -2.44. The van der Waals surface area contributed by atoms with E-state index in [1.54, 1.807) is 11.1 Å². The number of aryl methyl sites for hydroxylation is 3. The second-order valence-electron chi connectivity index (χ2n) is 13.5. The van der Waals surface area contributed by atoms with Crippen molar-refractivity contribution in [1.29, 1.82) is 0 Å². The molecule has 1 N–H and O–H groups in total. The molecule has 0 aliphatic carbocycles. The molecule has 0 atom stereocenters. The Kier molecular flexibility index (Phi) is 14.2. The number of aromatic nitrogens is 4. The largest absolute Gasteiger partial charge is 0.494 e. The van der Waals surface area contributed by atoms with E-state index in [0.29, 0.717) is 63.0 Å². The van der Waals surface area contributed by atoms with Crippen LogP contribution in [0, 0.1) is 0 Å². The molecule has 3 amide bonds. The van der Waals surface area contributed by atoms with Crippen LogP contribution >= 0.6 is 0 Å². The fourth-order valence-electron chi connectivity index (χ4n) is 5.61. The number of carbonyl (C=O) groups excluding carboxylic acids is 3. The molecule has 1 aromatic carbocycles. The summed E-state index contributed by atoms with van der Waals surface area (Å²) in [6, 6.07) is 7.50. The van der Waals surface area contributed by atoms with Gasteiger partial charge in [-0.3, -0.25) is 19.5 Å². The van der Waals surface area contributed by atoms with Crippen molar-refractivity contribution >= 4 is 23.7 Å². The Bertz CT molecular complexity index is 1810. The summed E-state index contributed by atoms with van der Waals surface area (Å²) >= 11 is 0. The molecular weight excluding hydrogens is 681 g/mol. The van der Waals surface area contributed by atoms with E-state index < -0.39 is 23.8 Å². The zero-order chi connectivity index (χ0) is 37.7. The van der Waals surface area contributed by atoms with Crippen LogP contribution < -0.4 is 16.0 Å². The quantitative estimate of drug-likeness (QED) is 0.198. The van der Waals surface area contributed by atoms with Crippen LogP contribution in [0.25, 0.3) is 0 Å². The van der Waals surface area contributed by atoms with Gasteiger partial charge < -0.3 is 28.2 Å². The molecule has 13 nitrogen and oxygen atoms in total. The van der Waals surface area contributed by atoms with Crippen LogP contribution in [-0.4, -0.2) is 78.8 Å². The van der Waals surface area contributed by atoms with Gasteiger partial charge in [0.25, 0.3) is 0 Å². The minimum absolute atomic E-state index is 0.114. The molecule has 4 rings (SSSR count). The smallest absolute Gasteiger partial charge is 0.473 e. The number of halogens is 3. The molecule has 1 aliphatic rings. The number of aromatic amines is 1. The van der Waals surface area contributed by atoms with Gasteiger partial charge in [0.05, 0.1) is 6.61 Å². The summed E-state index contributed by atoms with van der Waals surface area (Å²) in [4.78, 5) is 52.0. The van der Waals surface area contributed by atoms with Crippen molar-refractivity contribution in [2.45, 2.75) is 110 Å². The molecule has 16 heteroatoms. The molecule has 0 unspecified atom stereocenters. The van der Waals surface area contributed by atoms with Gasteiger partial charge in [-0.1, -0.05) is 25.7 Å². The topological polar surface area (TPSA) is 141 Å². The first kappa shape index (κ1) is 39.9. The van der Waals surface area contributed by atoms with Gasteiger partial charge in [0.1, 0.15) is 17.2 Å². The fourth-order valence-corrected chi connectivity index (χ4v) is 5.61. The predicted molar refractivity (Wildman–Crippen MR) is 187 cm³/mol. The standard InChI is InChI=1S/C36H49F3N8O5/c1-27(48)42-33-45(20-10-8-6-5-7-9-19-44-23-18-41-32(44)43-31(49)36(37,38)39)24-25-46(33)21-12-26-51-29-15-13-28(14-16-29)30-40-17-11-22-47(30)34(50)52-35(2,3)4/h13-16,18,23-25H,5-12,17,19-22,26H2,1-4H3,(H,41,43,49)/b42-33-. The van der Waals surface area contributed by atoms with Gasteiger partial charge in [0.15, 0.2) is 0 Å². The third kappa shape index (κ3) is 12.4. The van der Waals surface area contributed by atoms with Crippen LogP contribution in [0.5, 0.6) is 5.75 Å². The Hall–Kier alpha value is -4.89. The number of alkyl halides is 3. The number of hydrogen-bond acceptors (Lipinski definition) is 6. The number of rotatable bonds is 15. The zero-order valence-corrected chi connectivity index (χ0v) is 30.3. The average molecular weight is 731 g/mol. The van der Waals surface area contributed by atoms with E-state index in [4.69, 9.17) is 9.47 Å². The summed E-state index contributed by atoms with van der Waals surface area (Å²) in [5.74, 6) is -1.13. The Labute approximate surface area is 300 Å². The lowest BCUT2D eigenvalue weighted by atomic mass is 10.1. The number of amidine groups is 1. The van der Waals surface area contributed by atoms with Crippen molar-refractivity contribution in [2.24, 2.45) is 15.0 Å². The summed E-state index contributed by atoms with van der Waals surface area (Å²) in [6.07, 6.45) is 8.33. The summed E-state index contributed by atoms with van der Waals surface area (Å²) < 4.78 is 54.6. The maximum atomic E-state index is 12.8. The highest BCUT2D eigenvalue weighted by Gasteiger charge is 2.38. The molecule has 52 heavy (non-hydrogen) atoms. The monoisotopic (exact) mass is 730 g/mol. The van der Waals surface area contributed by atoms with Gasteiger partial charge in [0, 0.05) is 70.0 Å². The number of nitrogens with zero attached hydrogens (tertiary/aromatic N) is 7. The third-order valence-electron chi connectivity index (χ3n) is 8.03. The van der Waals surface area contributed by atoms with Crippen LogP contribution in [0.3, 0.4) is 0 Å². The van der Waals surface area contributed by atoms with Gasteiger partial charge in [-0.25, -0.2) is 4.79 Å². The average Bonchev–Trinajstić information content (AvgIpc) is 3.68. The van der Waals surface area contributed by atoms with E-state index in [2.05, 4.69) is 20.0 Å². The lowest BCUT2D eigenvalue weighted by Gasteiger charge is -2.30. The van der Waals surface area contributed by atoms with Crippen LogP contribution in [-0.2, 0) is 34.0 Å². The number of ether oxygens (including phenoxy) is 2. The molecule has 0 saturated carbocycles. The van der Waals surface area contributed by atoms with Crippen LogP contribution in [0.4, 0.5) is 18.0 Å². The number of unbranched alkanes of at least 4 members (excludes halogenated alkanes) is 5. The molecule has 3 aromatic rings. The number of benzene rings is 1. The Morgan fingerprint density at radius 3 is 2.08 bits per heavy atom. The summed E-state index contributed by atoms with van der Waals surface area (Å²) in [5, 5.41) is 0. The van der Waals surface area contributed by atoms with Crippen LogP contribution in [0.15, 0.2) is 64.0 Å². The number of carbonyl (C=O) groups is 3. The second kappa shape index (κ2) is 18.6. The first-order chi connectivity index (χ1) is 24.7. The molecule has 0 spiro atoms. The molecule has 1 aliphatic heterocycles. The highest BCUT2D eigenvalue weighted by molar-refractivity contribution is 6.06. The van der Waals surface area contributed by atoms with E-state index >= 15 is 0 Å². The minimum atomic E-state index is -5.00. The van der Waals surface area contributed by atoms with Crippen molar-refractivity contribution in [1.82, 2.24) is 23.6 Å². The Balaban J connectivity index is 1.19. The molecule has 0 saturated heterocycles. The highest BCUT2D eigenvalue weighted by Crippen LogP contribution is 2.20. The lowest BCUT2D eigenvalue weighted by molar-refractivity contribution is -0.169. The Morgan fingerprint density at radius 2 is 1.46 bits per heavy atom. The second-order valence-corrected chi connectivity index (χ2v) is 13.5. The number of nitrogens with one attached hydrogen (secondary N) is 1. The molecule has 3 heterocycles. The van der Waals surface area contributed by atoms with Crippen LogP contribution in [0.2, 0.25) is 0 Å². The van der Waals surface area contributed by atoms with E-state index in [1.165, 1.54) is 17.7 Å². The predicted octanol–water partition coefficient (Wildman–Crippen LogP) is 5.75. The van der Waals surface area contributed by atoms with Gasteiger partial charge in [0.2, 0.25) is 17.1 Å². The van der Waals surface area contributed by atoms with Crippen molar-refractivity contribution in [3.63, 3.8) is 0 Å². The number of H-pyrrole nitrogens is 1. The molecule has 2 aromatic heterocycles. The van der Waals surface area contributed by atoms with E-state index in [9.17, 15) is 27.6 Å². The fraction of sp³-hybridized carbons (Fsp3) is 0.556. The number of amides is 3. The Morgan fingerprint density at radius 1 is 0.846 bits per heavy atom. The van der Waals surface area contributed by atoms with Crippen molar-refractivity contribution in [3.8, 4) is 5.75 Å². The van der Waals surface area contributed by atoms with E-state index in [-0.39, 0.29) is 11.5 Å². The third-order valence-corrected chi connectivity index (χ3v) is 8.03. The molecule has 0 radical (unpaired) electrons. The first-order valence-electron chi connectivity index (χ1n) is 17.7. The minimum Gasteiger partial charge on any atom is -0.494 e. The molecule has 0 fully saturated rings. The number of aliphatic imine (C=N–C) groups is 1. The van der Waals surface area contributed by atoms with Gasteiger partial charge in [-0.15, -0.1) is 0 Å². The van der Waals surface area contributed by atoms with Gasteiger partial charge in [-0.2, -0.15) is 23.2 Å². The summed E-state index contributed by atoms with van der Waals surface area (Å²) in [6.45, 7) is 10.4.